The Bertz CT molecular complexity index is 968. The molecule has 2 aromatic carbocycles. The van der Waals surface area contributed by atoms with E-state index in [9.17, 15) is 14.7 Å². The number of benzene rings is 2. The van der Waals surface area contributed by atoms with Crippen LogP contribution in [0.25, 0.3) is 11.0 Å². The fourth-order valence-electron chi connectivity index (χ4n) is 2.57. The Balaban J connectivity index is 1.80. The lowest BCUT2D eigenvalue weighted by atomic mass is 10.0. The zero-order chi connectivity index (χ0) is 18.0. The summed E-state index contributed by atoms with van der Waals surface area (Å²) in [5.74, 6) is -0.0816. The summed E-state index contributed by atoms with van der Waals surface area (Å²) in [6.45, 7) is 4.10. The Morgan fingerprint density at radius 3 is 2.52 bits per heavy atom. The molecule has 0 atom stereocenters. The molecule has 0 radical (unpaired) electrons. The van der Waals surface area contributed by atoms with Gasteiger partial charge >= 0.3 is 11.6 Å². The second-order valence-electron chi connectivity index (χ2n) is 6.12. The number of ether oxygens (including phenoxy) is 1. The molecule has 1 aromatic heterocycles. The first kappa shape index (κ1) is 16.8. The minimum absolute atomic E-state index is 0.00460. The summed E-state index contributed by atoms with van der Waals surface area (Å²) in [5, 5.41) is 10.1. The molecule has 5 nitrogen and oxygen atoms in total. The summed E-state index contributed by atoms with van der Waals surface area (Å²) >= 11 is 0. The van der Waals surface area contributed by atoms with Gasteiger partial charge in [0.2, 0.25) is 0 Å². The van der Waals surface area contributed by atoms with Crippen molar-refractivity contribution in [3.05, 3.63) is 75.6 Å². The van der Waals surface area contributed by atoms with Crippen LogP contribution in [-0.4, -0.2) is 11.1 Å². The fraction of sp³-hybridized carbons (Fsp3) is 0.200. The van der Waals surface area contributed by atoms with Crippen molar-refractivity contribution in [2.45, 2.75) is 26.4 Å². The van der Waals surface area contributed by atoms with Gasteiger partial charge in [-0.1, -0.05) is 26.0 Å². The van der Waals surface area contributed by atoms with Gasteiger partial charge in [-0.2, -0.15) is 0 Å². The van der Waals surface area contributed by atoms with Crippen LogP contribution in [0.3, 0.4) is 0 Å². The van der Waals surface area contributed by atoms with Gasteiger partial charge in [-0.3, -0.25) is 0 Å². The van der Waals surface area contributed by atoms with E-state index < -0.39 is 11.6 Å². The van der Waals surface area contributed by atoms with Crippen LogP contribution in [-0.2, 0) is 11.3 Å². The van der Waals surface area contributed by atoms with E-state index in [4.69, 9.17) is 9.15 Å². The zero-order valence-corrected chi connectivity index (χ0v) is 14.0. The van der Waals surface area contributed by atoms with Crippen molar-refractivity contribution in [2.75, 3.05) is 0 Å². The van der Waals surface area contributed by atoms with Gasteiger partial charge in [0.25, 0.3) is 0 Å². The van der Waals surface area contributed by atoms with E-state index in [2.05, 4.69) is 13.8 Å². The highest BCUT2D eigenvalue weighted by molar-refractivity contribution is 5.89. The van der Waals surface area contributed by atoms with Crippen molar-refractivity contribution in [1.82, 2.24) is 0 Å². The average molecular weight is 338 g/mol. The molecule has 0 fully saturated rings. The topological polar surface area (TPSA) is 76.7 Å². The van der Waals surface area contributed by atoms with Crippen molar-refractivity contribution in [3.63, 3.8) is 0 Å². The smallest absolute Gasteiger partial charge is 0.338 e. The number of phenolic OH excluding ortho intramolecular Hbond substituents is 1. The van der Waals surface area contributed by atoms with E-state index >= 15 is 0 Å². The summed E-state index contributed by atoms with van der Waals surface area (Å²) in [7, 11) is 0. The SMILES string of the molecule is CC(C)c1ccc(C(=O)OCc2cc(=O)oc3cc(O)ccc23)cc1. The summed E-state index contributed by atoms with van der Waals surface area (Å²) in [5.41, 5.74) is 1.81. The molecule has 1 heterocycles. The van der Waals surface area contributed by atoms with Crippen LogP contribution >= 0.6 is 0 Å². The number of rotatable bonds is 4. The standard InChI is InChI=1S/C20H18O5/c1-12(2)13-3-5-14(6-4-13)20(23)24-11-15-9-19(22)25-18-10-16(21)7-8-17(15)18/h3-10,12,21H,11H2,1-2H3. The Hall–Kier alpha value is -3.08. The molecule has 0 saturated heterocycles. The fourth-order valence-corrected chi connectivity index (χ4v) is 2.57. The van der Waals surface area contributed by atoms with Crippen LogP contribution in [0.4, 0.5) is 0 Å². The van der Waals surface area contributed by atoms with Crippen molar-refractivity contribution in [3.8, 4) is 5.75 Å². The van der Waals surface area contributed by atoms with E-state index in [-0.39, 0.29) is 17.9 Å². The molecule has 0 unspecified atom stereocenters. The molecule has 1 N–H and O–H groups in total. The van der Waals surface area contributed by atoms with Crippen molar-refractivity contribution in [2.24, 2.45) is 0 Å². The first-order chi connectivity index (χ1) is 11.9. The molecule has 3 aromatic rings. The molecular formula is C20H18O5. The highest BCUT2D eigenvalue weighted by Gasteiger charge is 2.11. The highest BCUT2D eigenvalue weighted by Crippen LogP contribution is 2.22. The van der Waals surface area contributed by atoms with Crippen molar-refractivity contribution in [1.29, 1.82) is 0 Å². The van der Waals surface area contributed by atoms with Gasteiger partial charge in [-0.15, -0.1) is 0 Å². The Morgan fingerprint density at radius 1 is 1.12 bits per heavy atom. The number of hydrogen-bond acceptors (Lipinski definition) is 5. The minimum atomic E-state index is -0.564. The van der Waals surface area contributed by atoms with Gasteiger partial charge in [-0.25, -0.2) is 9.59 Å². The number of phenols is 1. The largest absolute Gasteiger partial charge is 0.508 e. The highest BCUT2D eigenvalue weighted by atomic mass is 16.5. The molecule has 3 rings (SSSR count). The molecule has 0 spiro atoms. The van der Waals surface area contributed by atoms with E-state index in [0.29, 0.717) is 22.4 Å². The Labute approximate surface area is 144 Å². The molecule has 0 aliphatic heterocycles. The van der Waals surface area contributed by atoms with Gasteiger partial charge in [0, 0.05) is 23.1 Å². The molecule has 0 aliphatic rings. The number of hydrogen-bond donors (Lipinski definition) is 1. The predicted octanol–water partition coefficient (Wildman–Crippen LogP) is 3.98. The van der Waals surface area contributed by atoms with Crippen LogP contribution in [0.5, 0.6) is 5.75 Å². The summed E-state index contributed by atoms with van der Waals surface area (Å²) in [4.78, 5) is 23.9. The first-order valence-corrected chi connectivity index (χ1v) is 7.97. The lowest BCUT2D eigenvalue weighted by molar-refractivity contribution is 0.0474. The maximum atomic E-state index is 12.2. The van der Waals surface area contributed by atoms with Gasteiger partial charge in [0.05, 0.1) is 5.56 Å². The lowest BCUT2D eigenvalue weighted by Gasteiger charge is -2.09. The number of esters is 1. The average Bonchev–Trinajstić information content (AvgIpc) is 2.58. The minimum Gasteiger partial charge on any atom is -0.508 e. The molecular weight excluding hydrogens is 320 g/mol. The molecule has 0 bridgehead atoms. The normalized spacial score (nSPS) is 11.0. The molecule has 0 saturated carbocycles. The number of carbonyl (C=O) groups excluding carboxylic acids is 1. The van der Waals surface area contributed by atoms with Crippen molar-refractivity contribution >= 4 is 16.9 Å². The van der Waals surface area contributed by atoms with Gasteiger partial charge < -0.3 is 14.3 Å². The van der Waals surface area contributed by atoms with Gasteiger partial charge in [0.1, 0.15) is 17.9 Å². The maximum absolute atomic E-state index is 12.2. The monoisotopic (exact) mass is 338 g/mol. The third kappa shape index (κ3) is 3.71. The number of fused-ring (bicyclic) bond motifs is 1. The molecule has 0 amide bonds. The number of aromatic hydroxyl groups is 1. The summed E-state index contributed by atoms with van der Waals surface area (Å²) < 4.78 is 10.4. The lowest BCUT2D eigenvalue weighted by Crippen LogP contribution is -2.08. The van der Waals surface area contributed by atoms with E-state index in [1.165, 1.54) is 18.2 Å². The van der Waals surface area contributed by atoms with E-state index in [0.717, 1.165) is 5.56 Å². The van der Waals surface area contributed by atoms with E-state index in [1.807, 2.05) is 12.1 Å². The van der Waals surface area contributed by atoms with Crippen LogP contribution in [0.1, 0.15) is 41.3 Å². The van der Waals surface area contributed by atoms with Crippen LogP contribution < -0.4 is 5.63 Å². The summed E-state index contributed by atoms with van der Waals surface area (Å²) in [6.07, 6.45) is 0. The second kappa shape index (κ2) is 6.81. The molecule has 0 aliphatic carbocycles. The number of carbonyl (C=O) groups is 1. The van der Waals surface area contributed by atoms with Crippen LogP contribution in [0, 0.1) is 0 Å². The Kier molecular flexibility index (Phi) is 4.57. The Morgan fingerprint density at radius 2 is 1.84 bits per heavy atom. The third-order valence-electron chi connectivity index (χ3n) is 3.99. The molecule has 5 heteroatoms. The van der Waals surface area contributed by atoms with E-state index in [1.54, 1.807) is 18.2 Å². The second-order valence-corrected chi connectivity index (χ2v) is 6.12. The zero-order valence-electron chi connectivity index (χ0n) is 14.0. The quantitative estimate of drug-likeness (QED) is 0.575. The van der Waals surface area contributed by atoms with Gasteiger partial charge in [-0.05, 0) is 35.7 Å². The summed E-state index contributed by atoms with van der Waals surface area (Å²) in [6, 6.07) is 13.0. The van der Waals surface area contributed by atoms with Crippen LogP contribution in [0.2, 0.25) is 0 Å². The third-order valence-corrected chi connectivity index (χ3v) is 3.99. The van der Waals surface area contributed by atoms with Gasteiger partial charge in [0.15, 0.2) is 0 Å². The maximum Gasteiger partial charge on any atom is 0.338 e. The predicted molar refractivity (Wildman–Crippen MR) is 93.8 cm³/mol. The first-order valence-electron chi connectivity index (χ1n) is 7.97. The molecule has 128 valence electrons. The van der Waals surface area contributed by atoms with Crippen LogP contribution in [0.15, 0.2) is 57.7 Å². The van der Waals surface area contributed by atoms with Crippen molar-refractivity contribution < 1.29 is 19.1 Å². The molecule has 25 heavy (non-hydrogen) atoms.